The number of likely N-dealkylation sites (tertiary alicyclic amines) is 1. The van der Waals surface area contributed by atoms with Crippen LogP contribution in [0.2, 0.25) is 0 Å². The first-order valence-electron chi connectivity index (χ1n) is 7.79. The fourth-order valence-electron chi connectivity index (χ4n) is 2.84. The topological polar surface area (TPSA) is 58.4 Å². The monoisotopic (exact) mass is 269 g/mol. The number of nitrogens with one attached hydrogen (secondary N) is 1. The maximum absolute atomic E-state index is 11.6. The minimum absolute atomic E-state index is 0.231. The third-order valence-electron chi connectivity index (χ3n) is 4.30. The van der Waals surface area contributed by atoms with E-state index in [9.17, 15) is 4.79 Å². The van der Waals surface area contributed by atoms with E-state index in [4.69, 9.17) is 5.73 Å². The van der Waals surface area contributed by atoms with E-state index in [1.54, 1.807) is 0 Å². The van der Waals surface area contributed by atoms with Gasteiger partial charge >= 0.3 is 0 Å². The van der Waals surface area contributed by atoms with Crippen LogP contribution >= 0.6 is 0 Å². The summed E-state index contributed by atoms with van der Waals surface area (Å²) in [5.41, 5.74) is 4.99. The second-order valence-electron chi connectivity index (χ2n) is 6.12. The smallest absolute Gasteiger partial charge is 0.237 e. The van der Waals surface area contributed by atoms with Crippen molar-refractivity contribution < 1.29 is 4.79 Å². The molecule has 1 heterocycles. The first-order chi connectivity index (χ1) is 9.01. The molecule has 0 aromatic carbocycles. The van der Waals surface area contributed by atoms with Crippen LogP contribution in [0.5, 0.6) is 0 Å². The fourth-order valence-corrected chi connectivity index (χ4v) is 2.84. The summed E-state index contributed by atoms with van der Waals surface area (Å²) in [7, 11) is 0. The van der Waals surface area contributed by atoms with Crippen LogP contribution in [0, 0.1) is 5.92 Å². The number of primary amides is 1. The first kappa shape index (κ1) is 16.4. The lowest BCUT2D eigenvalue weighted by molar-refractivity contribution is -0.124. The first-order valence-corrected chi connectivity index (χ1v) is 7.79. The molecule has 1 rings (SSSR count). The minimum Gasteiger partial charge on any atom is -0.368 e. The quantitative estimate of drug-likeness (QED) is 0.670. The summed E-state index contributed by atoms with van der Waals surface area (Å²) < 4.78 is 0. The zero-order valence-electron chi connectivity index (χ0n) is 12.9. The average molecular weight is 269 g/mol. The normalized spacial score (nSPS) is 23.4. The molecule has 2 unspecified atom stereocenters. The van der Waals surface area contributed by atoms with Crippen LogP contribution in [0.3, 0.4) is 0 Å². The third-order valence-corrected chi connectivity index (χ3v) is 4.30. The highest BCUT2D eigenvalue weighted by molar-refractivity contribution is 5.84. The van der Waals surface area contributed by atoms with Crippen LogP contribution in [-0.2, 0) is 4.79 Å². The van der Waals surface area contributed by atoms with Crippen LogP contribution in [0.15, 0.2) is 0 Å². The number of amides is 1. The molecule has 112 valence electrons. The second kappa shape index (κ2) is 7.85. The highest BCUT2D eigenvalue weighted by Crippen LogP contribution is 2.22. The Morgan fingerprint density at radius 1 is 1.42 bits per heavy atom. The van der Waals surface area contributed by atoms with Crippen LogP contribution < -0.4 is 11.1 Å². The van der Waals surface area contributed by atoms with E-state index in [0.717, 1.165) is 31.8 Å². The van der Waals surface area contributed by atoms with Gasteiger partial charge in [-0.2, -0.15) is 0 Å². The summed E-state index contributed by atoms with van der Waals surface area (Å²) in [6, 6.07) is 0. The van der Waals surface area contributed by atoms with Gasteiger partial charge in [-0.25, -0.2) is 0 Å². The van der Waals surface area contributed by atoms with E-state index < -0.39 is 5.54 Å². The summed E-state index contributed by atoms with van der Waals surface area (Å²) in [5.74, 6) is 0.624. The SMILES string of the molecule is CCCNC(C)(CCN1CCC(CCC)C1)C(N)=O. The zero-order chi connectivity index (χ0) is 14.3. The van der Waals surface area contributed by atoms with Crippen LogP contribution in [0.25, 0.3) is 0 Å². The molecule has 19 heavy (non-hydrogen) atoms. The highest BCUT2D eigenvalue weighted by Gasteiger charge is 2.31. The van der Waals surface area contributed by atoms with Crippen LogP contribution in [0.4, 0.5) is 0 Å². The lowest BCUT2D eigenvalue weighted by Crippen LogP contribution is -2.54. The van der Waals surface area contributed by atoms with Gasteiger partial charge in [-0.1, -0.05) is 20.3 Å². The lowest BCUT2D eigenvalue weighted by Gasteiger charge is -2.29. The van der Waals surface area contributed by atoms with E-state index in [-0.39, 0.29) is 5.91 Å². The number of nitrogens with zero attached hydrogens (tertiary/aromatic N) is 1. The molecule has 1 aliphatic rings. The molecule has 4 nitrogen and oxygen atoms in total. The summed E-state index contributed by atoms with van der Waals surface area (Å²) in [5, 5.41) is 3.30. The molecule has 0 aromatic rings. The molecular weight excluding hydrogens is 238 g/mol. The van der Waals surface area contributed by atoms with Gasteiger partial charge in [0.2, 0.25) is 5.91 Å². The van der Waals surface area contributed by atoms with E-state index >= 15 is 0 Å². The Kier molecular flexibility index (Phi) is 6.80. The summed E-state index contributed by atoms with van der Waals surface area (Å²) in [6.45, 7) is 10.5. The van der Waals surface area contributed by atoms with Gasteiger partial charge in [-0.3, -0.25) is 4.79 Å². The van der Waals surface area contributed by atoms with Gasteiger partial charge in [0.05, 0.1) is 5.54 Å². The molecule has 1 saturated heterocycles. The van der Waals surface area contributed by atoms with Crippen molar-refractivity contribution in [2.24, 2.45) is 11.7 Å². The molecule has 1 aliphatic heterocycles. The molecule has 0 spiro atoms. The maximum Gasteiger partial charge on any atom is 0.237 e. The Morgan fingerprint density at radius 3 is 2.74 bits per heavy atom. The van der Waals surface area contributed by atoms with Crippen LogP contribution in [-0.4, -0.2) is 42.5 Å². The standard InChI is InChI=1S/C15H31N3O/c1-4-6-13-7-10-18(12-13)11-8-15(3,14(16)19)17-9-5-2/h13,17H,4-12H2,1-3H3,(H2,16,19). The van der Waals surface area contributed by atoms with Gasteiger partial charge in [0.1, 0.15) is 0 Å². The third kappa shape index (κ3) is 5.11. The van der Waals surface area contributed by atoms with Crippen LogP contribution in [0.1, 0.15) is 52.9 Å². The van der Waals surface area contributed by atoms with Crippen molar-refractivity contribution in [1.29, 1.82) is 0 Å². The molecule has 1 amide bonds. The minimum atomic E-state index is -0.557. The largest absolute Gasteiger partial charge is 0.368 e. The van der Waals surface area contributed by atoms with E-state index in [1.165, 1.54) is 32.4 Å². The molecule has 2 atom stereocenters. The van der Waals surface area contributed by atoms with Crippen molar-refractivity contribution in [3.05, 3.63) is 0 Å². The van der Waals surface area contributed by atoms with E-state index in [2.05, 4.69) is 24.1 Å². The molecule has 0 bridgehead atoms. The Morgan fingerprint density at radius 2 is 2.16 bits per heavy atom. The van der Waals surface area contributed by atoms with Crippen molar-refractivity contribution in [3.63, 3.8) is 0 Å². The van der Waals surface area contributed by atoms with Crippen molar-refractivity contribution in [3.8, 4) is 0 Å². The highest BCUT2D eigenvalue weighted by atomic mass is 16.1. The predicted molar refractivity (Wildman–Crippen MR) is 80.0 cm³/mol. The van der Waals surface area contributed by atoms with Crippen molar-refractivity contribution in [1.82, 2.24) is 10.2 Å². The van der Waals surface area contributed by atoms with Gasteiger partial charge in [-0.15, -0.1) is 0 Å². The van der Waals surface area contributed by atoms with Crippen molar-refractivity contribution in [2.75, 3.05) is 26.2 Å². The molecule has 1 fully saturated rings. The van der Waals surface area contributed by atoms with Gasteiger partial charge in [0.15, 0.2) is 0 Å². The number of hydrogen-bond donors (Lipinski definition) is 2. The Labute approximate surface area is 118 Å². The van der Waals surface area contributed by atoms with Gasteiger partial charge in [-0.05, 0) is 51.6 Å². The number of rotatable bonds is 9. The van der Waals surface area contributed by atoms with Gasteiger partial charge in [0.25, 0.3) is 0 Å². The molecule has 0 radical (unpaired) electrons. The molecule has 4 heteroatoms. The number of hydrogen-bond acceptors (Lipinski definition) is 3. The van der Waals surface area contributed by atoms with E-state index in [0.29, 0.717) is 0 Å². The maximum atomic E-state index is 11.6. The summed E-state index contributed by atoms with van der Waals surface area (Å²) in [4.78, 5) is 14.1. The van der Waals surface area contributed by atoms with Crippen molar-refractivity contribution in [2.45, 2.75) is 58.4 Å². The molecule has 0 aromatic heterocycles. The Balaban J connectivity index is 2.38. The molecule has 0 aliphatic carbocycles. The zero-order valence-corrected chi connectivity index (χ0v) is 12.9. The van der Waals surface area contributed by atoms with E-state index in [1.807, 2.05) is 6.92 Å². The Bertz CT molecular complexity index is 283. The number of carbonyl (C=O) groups is 1. The Hall–Kier alpha value is -0.610. The molecular formula is C15H31N3O. The van der Waals surface area contributed by atoms with Gasteiger partial charge in [0, 0.05) is 13.1 Å². The predicted octanol–water partition coefficient (Wildman–Crippen LogP) is 1.74. The fraction of sp³-hybridized carbons (Fsp3) is 0.933. The molecule has 3 N–H and O–H groups in total. The molecule has 0 saturated carbocycles. The summed E-state index contributed by atoms with van der Waals surface area (Å²) >= 11 is 0. The number of nitrogens with two attached hydrogens (primary N) is 1. The summed E-state index contributed by atoms with van der Waals surface area (Å²) in [6.07, 6.45) is 5.74. The van der Waals surface area contributed by atoms with Crippen molar-refractivity contribution >= 4 is 5.91 Å². The van der Waals surface area contributed by atoms with Gasteiger partial charge < -0.3 is 16.0 Å². The number of carbonyl (C=O) groups excluding carboxylic acids is 1. The average Bonchev–Trinajstić information content (AvgIpc) is 2.82. The second-order valence-corrected chi connectivity index (χ2v) is 6.12. The lowest BCUT2D eigenvalue weighted by atomic mass is 9.96.